The normalized spacial score (nSPS) is 15.2. The zero-order valence-electron chi connectivity index (χ0n) is 19.2. The SMILES string of the molecule is COc1cc(Cl)c(C)cc1NC(=O)CN1CCN(Cc2nc3sc(C)c(C)c3c(=O)[nH]2)CC1. The van der Waals surface area contributed by atoms with Gasteiger partial charge in [0.25, 0.3) is 5.56 Å². The van der Waals surface area contributed by atoms with Gasteiger partial charge in [0.1, 0.15) is 16.4 Å². The third-order valence-corrected chi connectivity index (χ3v) is 7.56. The molecule has 0 bridgehead atoms. The molecule has 8 nitrogen and oxygen atoms in total. The second-order valence-corrected chi connectivity index (χ2v) is 9.99. The average Bonchev–Trinajstić information content (AvgIpc) is 3.05. The predicted octanol–water partition coefficient (Wildman–Crippen LogP) is 3.33. The zero-order valence-corrected chi connectivity index (χ0v) is 20.8. The van der Waals surface area contributed by atoms with Gasteiger partial charge in [0, 0.05) is 42.1 Å². The van der Waals surface area contributed by atoms with Gasteiger partial charge in [-0.25, -0.2) is 4.98 Å². The van der Waals surface area contributed by atoms with Crippen LogP contribution in [0.4, 0.5) is 5.69 Å². The Labute approximate surface area is 201 Å². The number of methoxy groups -OCH3 is 1. The highest BCUT2D eigenvalue weighted by Gasteiger charge is 2.21. The van der Waals surface area contributed by atoms with Crippen LogP contribution < -0.4 is 15.6 Å². The number of fused-ring (bicyclic) bond motifs is 1. The van der Waals surface area contributed by atoms with Gasteiger partial charge in [0.05, 0.1) is 31.3 Å². The van der Waals surface area contributed by atoms with Crippen LogP contribution in [0.3, 0.4) is 0 Å². The van der Waals surface area contributed by atoms with Gasteiger partial charge in [-0.2, -0.15) is 0 Å². The minimum atomic E-state index is -0.0941. The molecule has 0 aliphatic carbocycles. The number of hydrogen-bond acceptors (Lipinski definition) is 7. The summed E-state index contributed by atoms with van der Waals surface area (Å²) in [5, 5.41) is 4.23. The minimum absolute atomic E-state index is 0.0694. The lowest BCUT2D eigenvalue weighted by Gasteiger charge is -2.33. The van der Waals surface area contributed by atoms with E-state index in [1.807, 2.05) is 26.8 Å². The lowest BCUT2D eigenvalue weighted by molar-refractivity contribution is -0.117. The predicted molar refractivity (Wildman–Crippen MR) is 133 cm³/mol. The van der Waals surface area contributed by atoms with Crippen molar-refractivity contribution in [1.29, 1.82) is 0 Å². The van der Waals surface area contributed by atoms with Gasteiger partial charge in [-0.1, -0.05) is 11.6 Å². The molecule has 4 rings (SSSR count). The number of nitrogens with one attached hydrogen (secondary N) is 2. The van der Waals surface area contributed by atoms with E-state index in [1.54, 1.807) is 24.5 Å². The van der Waals surface area contributed by atoms with Crippen LogP contribution in [0.5, 0.6) is 5.75 Å². The summed E-state index contributed by atoms with van der Waals surface area (Å²) in [6, 6.07) is 3.53. The quantitative estimate of drug-likeness (QED) is 0.552. The maximum atomic E-state index is 12.6. The molecular weight excluding hydrogens is 462 g/mol. The van der Waals surface area contributed by atoms with E-state index < -0.39 is 0 Å². The second-order valence-electron chi connectivity index (χ2n) is 8.38. The molecule has 1 amide bonds. The van der Waals surface area contributed by atoms with Gasteiger partial charge < -0.3 is 15.0 Å². The maximum absolute atomic E-state index is 12.6. The largest absolute Gasteiger partial charge is 0.495 e. The number of ether oxygens (including phenoxy) is 1. The molecule has 1 saturated heterocycles. The van der Waals surface area contributed by atoms with Crippen LogP contribution >= 0.6 is 22.9 Å². The summed E-state index contributed by atoms with van der Waals surface area (Å²) >= 11 is 7.71. The van der Waals surface area contributed by atoms with Crippen molar-refractivity contribution >= 4 is 44.7 Å². The molecule has 1 fully saturated rings. The molecule has 33 heavy (non-hydrogen) atoms. The first-order valence-electron chi connectivity index (χ1n) is 10.8. The third kappa shape index (κ3) is 5.22. The van der Waals surface area contributed by atoms with Gasteiger partial charge in [0.15, 0.2) is 0 Å². The summed E-state index contributed by atoms with van der Waals surface area (Å²) in [5.41, 5.74) is 2.43. The molecule has 2 N–H and O–H groups in total. The Bertz CT molecular complexity index is 1250. The van der Waals surface area contributed by atoms with Crippen molar-refractivity contribution in [3.05, 3.63) is 49.3 Å². The smallest absolute Gasteiger partial charge is 0.259 e. The number of rotatable bonds is 6. The van der Waals surface area contributed by atoms with Crippen LogP contribution in [0.25, 0.3) is 10.2 Å². The molecule has 3 heterocycles. The molecule has 1 aliphatic heterocycles. The van der Waals surface area contributed by atoms with Crippen molar-refractivity contribution in [2.75, 3.05) is 45.2 Å². The van der Waals surface area contributed by atoms with Crippen molar-refractivity contribution in [3.8, 4) is 5.75 Å². The van der Waals surface area contributed by atoms with E-state index >= 15 is 0 Å². The van der Waals surface area contributed by atoms with E-state index in [9.17, 15) is 9.59 Å². The van der Waals surface area contributed by atoms with Crippen molar-refractivity contribution in [2.45, 2.75) is 27.3 Å². The highest BCUT2D eigenvalue weighted by Crippen LogP contribution is 2.31. The standard InChI is InChI=1S/C23H28ClN5O3S/c1-13-9-17(18(32-4)10-16(13)24)25-20(30)12-29-7-5-28(6-8-29)11-19-26-22(31)21-14(2)15(3)33-23(21)27-19/h9-10H,5-8,11-12H2,1-4H3,(H,25,30)(H,26,27,31). The first-order chi connectivity index (χ1) is 15.7. The molecule has 3 aromatic rings. The highest BCUT2D eigenvalue weighted by atomic mass is 35.5. The molecule has 0 radical (unpaired) electrons. The summed E-state index contributed by atoms with van der Waals surface area (Å²) in [6.45, 7) is 9.85. The first-order valence-corrected chi connectivity index (χ1v) is 12.0. The Hall–Kier alpha value is -2.46. The number of amides is 1. The maximum Gasteiger partial charge on any atom is 0.259 e. The van der Waals surface area contributed by atoms with E-state index in [0.29, 0.717) is 40.8 Å². The van der Waals surface area contributed by atoms with Crippen LogP contribution in [0.15, 0.2) is 16.9 Å². The van der Waals surface area contributed by atoms with Crippen molar-refractivity contribution in [3.63, 3.8) is 0 Å². The van der Waals surface area contributed by atoms with Crippen molar-refractivity contribution < 1.29 is 9.53 Å². The van der Waals surface area contributed by atoms with Gasteiger partial charge in [-0.15, -0.1) is 11.3 Å². The second kappa shape index (κ2) is 9.80. The molecule has 10 heteroatoms. The Morgan fingerprint density at radius 3 is 2.61 bits per heavy atom. The van der Waals surface area contributed by atoms with Gasteiger partial charge >= 0.3 is 0 Å². The number of hydrogen-bond donors (Lipinski definition) is 2. The van der Waals surface area contributed by atoms with Crippen LogP contribution in [0.2, 0.25) is 5.02 Å². The van der Waals surface area contributed by atoms with E-state index in [0.717, 1.165) is 47.0 Å². The molecule has 176 valence electrons. The number of benzene rings is 1. The lowest BCUT2D eigenvalue weighted by Crippen LogP contribution is -2.48. The number of carbonyl (C=O) groups excluding carboxylic acids is 1. The number of carbonyl (C=O) groups is 1. The molecule has 1 aromatic carbocycles. The number of halogens is 1. The molecule has 1 aliphatic rings. The minimum Gasteiger partial charge on any atom is -0.495 e. The van der Waals surface area contributed by atoms with E-state index in [-0.39, 0.29) is 11.5 Å². The number of aryl methyl sites for hydroxylation is 3. The zero-order chi connectivity index (χ0) is 23.7. The Morgan fingerprint density at radius 1 is 1.21 bits per heavy atom. The molecule has 0 unspecified atom stereocenters. The monoisotopic (exact) mass is 489 g/mol. The van der Waals surface area contributed by atoms with Crippen LogP contribution in [-0.4, -0.2) is 65.5 Å². The topological polar surface area (TPSA) is 90.6 Å². The molecular formula is C23H28ClN5O3S. The van der Waals surface area contributed by atoms with Crippen molar-refractivity contribution in [2.24, 2.45) is 0 Å². The summed E-state index contributed by atoms with van der Waals surface area (Å²) in [7, 11) is 1.55. The third-order valence-electron chi connectivity index (χ3n) is 6.05. The number of aromatic amines is 1. The average molecular weight is 490 g/mol. The number of H-pyrrole nitrogens is 1. The highest BCUT2D eigenvalue weighted by molar-refractivity contribution is 7.18. The fourth-order valence-electron chi connectivity index (χ4n) is 4.01. The fraction of sp³-hybridized carbons (Fsp3) is 0.435. The lowest BCUT2D eigenvalue weighted by atomic mass is 10.2. The van der Waals surface area contributed by atoms with Crippen LogP contribution in [0.1, 0.15) is 21.8 Å². The fourth-order valence-corrected chi connectivity index (χ4v) is 5.22. The molecule has 0 saturated carbocycles. The number of thiophene rings is 1. The van der Waals surface area contributed by atoms with Crippen LogP contribution in [-0.2, 0) is 11.3 Å². The van der Waals surface area contributed by atoms with E-state index in [1.165, 1.54) is 0 Å². The number of aromatic nitrogens is 2. The molecule has 0 spiro atoms. The number of nitrogens with zero attached hydrogens (tertiary/aromatic N) is 3. The summed E-state index contributed by atoms with van der Waals surface area (Å²) in [5.74, 6) is 1.13. The Balaban J connectivity index is 1.32. The van der Waals surface area contributed by atoms with E-state index in [2.05, 4.69) is 25.1 Å². The van der Waals surface area contributed by atoms with Crippen LogP contribution in [0, 0.1) is 20.8 Å². The summed E-state index contributed by atoms with van der Waals surface area (Å²) in [4.78, 5) is 39.0. The Morgan fingerprint density at radius 2 is 1.91 bits per heavy atom. The number of anilines is 1. The van der Waals surface area contributed by atoms with Gasteiger partial charge in [-0.3, -0.25) is 19.4 Å². The number of piperazine rings is 1. The molecule has 2 aromatic heterocycles. The van der Waals surface area contributed by atoms with E-state index in [4.69, 9.17) is 16.3 Å². The summed E-state index contributed by atoms with van der Waals surface area (Å²) in [6.07, 6.45) is 0. The Kier molecular flexibility index (Phi) is 7.04. The van der Waals surface area contributed by atoms with Gasteiger partial charge in [-0.05, 0) is 38.0 Å². The van der Waals surface area contributed by atoms with Crippen molar-refractivity contribution in [1.82, 2.24) is 19.8 Å². The molecule has 0 atom stereocenters. The summed E-state index contributed by atoms with van der Waals surface area (Å²) < 4.78 is 5.34. The van der Waals surface area contributed by atoms with Gasteiger partial charge in [0.2, 0.25) is 5.91 Å². The first kappa shape index (κ1) is 23.7.